The fraction of sp³-hybridized carbons (Fsp3) is 0.261. The molecule has 0 spiro atoms. The van der Waals surface area contributed by atoms with Crippen molar-refractivity contribution in [2.75, 3.05) is 23.7 Å². The molecule has 0 unspecified atom stereocenters. The minimum atomic E-state index is -0.267. The van der Waals surface area contributed by atoms with Crippen LogP contribution in [0.4, 0.5) is 10.3 Å². The molecule has 1 aliphatic heterocycles. The Labute approximate surface area is 193 Å². The molecule has 0 radical (unpaired) electrons. The smallest absolute Gasteiger partial charge is 0.233 e. The molecule has 160 valence electrons. The normalized spacial score (nSPS) is 14.5. The first-order valence-electron chi connectivity index (χ1n) is 10.0. The summed E-state index contributed by atoms with van der Waals surface area (Å²) in [5.74, 6) is 0.359. The predicted octanol–water partition coefficient (Wildman–Crippen LogP) is 5.40. The van der Waals surface area contributed by atoms with Gasteiger partial charge >= 0.3 is 0 Å². The average Bonchev–Trinajstić information content (AvgIpc) is 2.81. The van der Waals surface area contributed by atoms with Gasteiger partial charge in [-0.3, -0.25) is 4.79 Å². The van der Waals surface area contributed by atoms with Crippen LogP contribution in [0.3, 0.4) is 0 Å². The molecular weight excluding hydrogens is 483 g/mol. The highest BCUT2D eigenvalue weighted by molar-refractivity contribution is 9.09. The first kappa shape index (κ1) is 21.7. The zero-order valence-corrected chi connectivity index (χ0v) is 19.0. The molecule has 0 saturated carbocycles. The van der Waals surface area contributed by atoms with Crippen LogP contribution < -0.4 is 5.32 Å². The molecule has 2 aromatic carbocycles. The Morgan fingerprint density at radius 3 is 2.55 bits per heavy atom. The molecule has 1 N–H and O–H groups in total. The van der Waals surface area contributed by atoms with E-state index < -0.39 is 0 Å². The van der Waals surface area contributed by atoms with Gasteiger partial charge in [-0.15, -0.1) is 0 Å². The maximum atomic E-state index is 13.3. The van der Waals surface area contributed by atoms with Crippen molar-refractivity contribution < 1.29 is 9.18 Å². The second-order valence-corrected chi connectivity index (χ2v) is 8.38. The van der Waals surface area contributed by atoms with Crippen molar-refractivity contribution in [3.8, 4) is 22.4 Å². The van der Waals surface area contributed by atoms with E-state index in [1.165, 1.54) is 12.1 Å². The monoisotopic (exact) mass is 502 g/mol. The van der Waals surface area contributed by atoms with E-state index in [9.17, 15) is 9.18 Å². The third-order valence-corrected chi connectivity index (χ3v) is 6.11. The Kier molecular flexibility index (Phi) is 6.83. The molecule has 3 aromatic rings. The van der Waals surface area contributed by atoms with Crippen LogP contribution in [-0.2, 0) is 4.79 Å². The van der Waals surface area contributed by atoms with Gasteiger partial charge in [-0.2, -0.15) is 0 Å². The molecule has 1 fully saturated rings. The maximum absolute atomic E-state index is 13.3. The molecule has 8 heteroatoms. The van der Waals surface area contributed by atoms with E-state index in [0.717, 1.165) is 29.5 Å². The van der Waals surface area contributed by atoms with Crippen molar-refractivity contribution >= 4 is 39.4 Å². The van der Waals surface area contributed by atoms with Gasteiger partial charge in [0, 0.05) is 24.7 Å². The zero-order chi connectivity index (χ0) is 21.8. The van der Waals surface area contributed by atoms with Crippen molar-refractivity contribution in [1.82, 2.24) is 14.9 Å². The summed E-state index contributed by atoms with van der Waals surface area (Å²) in [5.41, 5.74) is 3.35. The van der Waals surface area contributed by atoms with Crippen LogP contribution in [0.15, 0.2) is 54.7 Å². The number of hydrogen-bond donors (Lipinski definition) is 1. The Balaban J connectivity index is 1.52. The van der Waals surface area contributed by atoms with E-state index in [4.69, 9.17) is 11.6 Å². The molecule has 0 atom stereocenters. The number of benzene rings is 2. The van der Waals surface area contributed by atoms with Crippen LogP contribution in [-0.4, -0.2) is 45.2 Å². The topological polar surface area (TPSA) is 58.1 Å². The van der Waals surface area contributed by atoms with Gasteiger partial charge in [0.2, 0.25) is 11.9 Å². The highest BCUT2D eigenvalue weighted by atomic mass is 79.9. The molecule has 0 aliphatic carbocycles. The van der Waals surface area contributed by atoms with Crippen LogP contribution in [0.5, 0.6) is 0 Å². The fourth-order valence-electron chi connectivity index (χ4n) is 3.67. The number of halogens is 3. The standard InChI is InChI=1S/C23H21BrClFN4O/c24-13-21(31)30-10-8-19(9-11-30)28-23-27-14-20(25)22(29-23)17-3-1-2-16(12-17)15-4-6-18(26)7-5-15/h1-7,12,14,19H,8-11,13H2,(H,27,28,29). The van der Waals surface area contributed by atoms with E-state index in [0.29, 0.717) is 35.1 Å². The number of nitrogens with one attached hydrogen (secondary N) is 1. The summed E-state index contributed by atoms with van der Waals surface area (Å²) in [6.07, 6.45) is 3.26. The number of carbonyl (C=O) groups excluding carboxylic acids is 1. The summed E-state index contributed by atoms with van der Waals surface area (Å²) in [6.45, 7) is 1.42. The molecule has 31 heavy (non-hydrogen) atoms. The number of nitrogens with zero attached hydrogens (tertiary/aromatic N) is 3. The Bertz CT molecular complexity index is 1070. The number of likely N-dealkylation sites (tertiary alicyclic amines) is 1. The first-order valence-corrected chi connectivity index (χ1v) is 11.5. The molecule has 4 rings (SSSR count). The summed E-state index contributed by atoms with van der Waals surface area (Å²) in [7, 11) is 0. The highest BCUT2D eigenvalue weighted by Crippen LogP contribution is 2.30. The van der Waals surface area contributed by atoms with Crippen LogP contribution >= 0.6 is 27.5 Å². The van der Waals surface area contributed by atoms with E-state index in [2.05, 4.69) is 31.2 Å². The summed E-state index contributed by atoms with van der Waals surface area (Å²) < 4.78 is 13.3. The van der Waals surface area contributed by atoms with E-state index in [1.54, 1.807) is 18.3 Å². The molecule has 1 saturated heterocycles. The third kappa shape index (κ3) is 5.22. The summed E-state index contributed by atoms with van der Waals surface area (Å²) in [4.78, 5) is 22.7. The van der Waals surface area contributed by atoms with Crippen molar-refractivity contribution in [3.05, 3.63) is 65.6 Å². The second kappa shape index (κ2) is 9.75. The number of anilines is 1. The lowest BCUT2D eigenvalue weighted by Crippen LogP contribution is -2.43. The van der Waals surface area contributed by atoms with E-state index in [1.807, 2.05) is 29.2 Å². The Hall–Kier alpha value is -2.51. The van der Waals surface area contributed by atoms with Crippen LogP contribution in [0, 0.1) is 5.82 Å². The third-order valence-electron chi connectivity index (χ3n) is 5.35. The van der Waals surface area contributed by atoms with E-state index in [-0.39, 0.29) is 17.8 Å². The lowest BCUT2D eigenvalue weighted by molar-refractivity contribution is -0.129. The van der Waals surface area contributed by atoms with Gasteiger partial charge in [0.1, 0.15) is 5.82 Å². The molecule has 1 aliphatic rings. The highest BCUT2D eigenvalue weighted by Gasteiger charge is 2.22. The zero-order valence-electron chi connectivity index (χ0n) is 16.7. The average molecular weight is 504 g/mol. The number of piperidine rings is 1. The lowest BCUT2D eigenvalue weighted by atomic mass is 10.0. The number of aromatic nitrogens is 2. The number of hydrogen-bond acceptors (Lipinski definition) is 4. The molecule has 1 amide bonds. The predicted molar refractivity (Wildman–Crippen MR) is 125 cm³/mol. The largest absolute Gasteiger partial charge is 0.351 e. The van der Waals surface area contributed by atoms with Crippen molar-refractivity contribution in [3.63, 3.8) is 0 Å². The van der Waals surface area contributed by atoms with Crippen molar-refractivity contribution in [2.24, 2.45) is 0 Å². The number of carbonyl (C=O) groups is 1. The van der Waals surface area contributed by atoms with Crippen LogP contribution in [0.25, 0.3) is 22.4 Å². The second-order valence-electron chi connectivity index (χ2n) is 7.41. The van der Waals surface area contributed by atoms with Gasteiger partial charge < -0.3 is 10.2 Å². The van der Waals surface area contributed by atoms with Gasteiger partial charge in [-0.05, 0) is 42.2 Å². The first-order chi connectivity index (χ1) is 15.0. The molecule has 2 heterocycles. The lowest BCUT2D eigenvalue weighted by Gasteiger charge is -2.32. The quantitative estimate of drug-likeness (QED) is 0.474. The van der Waals surface area contributed by atoms with E-state index >= 15 is 0 Å². The van der Waals surface area contributed by atoms with Gasteiger partial charge in [-0.25, -0.2) is 14.4 Å². The summed E-state index contributed by atoms with van der Waals surface area (Å²) in [5, 5.41) is 4.19. The van der Waals surface area contributed by atoms with Crippen molar-refractivity contribution in [2.45, 2.75) is 18.9 Å². The van der Waals surface area contributed by atoms with Gasteiger partial charge in [0.05, 0.1) is 22.2 Å². The molecular formula is C23H21BrClFN4O. The minimum Gasteiger partial charge on any atom is -0.351 e. The summed E-state index contributed by atoms with van der Waals surface area (Å²) in [6, 6.07) is 14.4. The Morgan fingerprint density at radius 1 is 1.13 bits per heavy atom. The fourth-order valence-corrected chi connectivity index (χ4v) is 4.22. The maximum Gasteiger partial charge on any atom is 0.233 e. The van der Waals surface area contributed by atoms with Gasteiger partial charge in [0.15, 0.2) is 0 Å². The SMILES string of the molecule is O=C(CBr)N1CCC(Nc2ncc(Cl)c(-c3cccc(-c4ccc(F)cc4)c3)n2)CC1. The molecule has 5 nitrogen and oxygen atoms in total. The minimum absolute atomic E-state index is 0.115. The summed E-state index contributed by atoms with van der Waals surface area (Å²) >= 11 is 9.63. The number of amides is 1. The Morgan fingerprint density at radius 2 is 1.84 bits per heavy atom. The van der Waals surface area contributed by atoms with Crippen molar-refractivity contribution in [1.29, 1.82) is 0 Å². The number of alkyl halides is 1. The van der Waals surface area contributed by atoms with Gasteiger partial charge in [-0.1, -0.05) is 57.9 Å². The van der Waals surface area contributed by atoms with Crippen LogP contribution in [0.1, 0.15) is 12.8 Å². The molecule has 1 aromatic heterocycles. The van der Waals surface area contributed by atoms with Gasteiger partial charge in [0.25, 0.3) is 0 Å². The number of rotatable bonds is 5. The van der Waals surface area contributed by atoms with Crippen LogP contribution in [0.2, 0.25) is 5.02 Å². The molecule has 0 bridgehead atoms.